The van der Waals surface area contributed by atoms with E-state index in [2.05, 4.69) is 17.2 Å². The lowest BCUT2D eigenvalue weighted by molar-refractivity contribution is -0.384. The van der Waals surface area contributed by atoms with Gasteiger partial charge >= 0.3 is 0 Å². The fraction of sp³-hybridized carbons (Fsp3) is 0.412. The molecule has 2 aromatic rings. The first-order chi connectivity index (χ1) is 11.6. The van der Waals surface area contributed by atoms with E-state index in [1.165, 1.54) is 18.8 Å². The van der Waals surface area contributed by atoms with E-state index < -0.39 is 4.92 Å². The maximum Gasteiger partial charge on any atom is 0.294 e. The molecule has 1 saturated carbocycles. The zero-order valence-electron chi connectivity index (χ0n) is 13.5. The van der Waals surface area contributed by atoms with Crippen LogP contribution in [0, 0.1) is 16.0 Å². The molecule has 0 spiro atoms. The third kappa shape index (κ3) is 3.29. The van der Waals surface area contributed by atoms with Gasteiger partial charge in [-0.15, -0.1) is 0 Å². The molecule has 2 unspecified atom stereocenters. The van der Waals surface area contributed by atoms with Crippen molar-refractivity contribution in [3.8, 4) is 5.69 Å². The molecule has 126 valence electrons. The second-order valence-corrected chi connectivity index (χ2v) is 6.27. The SMILES string of the molecule is CC1CCCCC1NC(=O)c1ccc(-n2ccnc2)c([N+](=O)[O-])c1. The van der Waals surface area contributed by atoms with Crippen molar-refractivity contribution >= 4 is 11.6 Å². The second kappa shape index (κ2) is 6.82. The summed E-state index contributed by atoms with van der Waals surface area (Å²) in [6.45, 7) is 2.13. The van der Waals surface area contributed by atoms with Gasteiger partial charge in [0.05, 0.1) is 11.3 Å². The molecule has 1 N–H and O–H groups in total. The average molecular weight is 328 g/mol. The number of nitrogens with one attached hydrogen (secondary N) is 1. The van der Waals surface area contributed by atoms with Gasteiger partial charge in [0.25, 0.3) is 11.6 Å². The van der Waals surface area contributed by atoms with Crippen molar-refractivity contribution in [3.05, 3.63) is 52.6 Å². The number of nitro benzene ring substituents is 1. The summed E-state index contributed by atoms with van der Waals surface area (Å²) >= 11 is 0. The number of hydrogen-bond donors (Lipinski definition) is 1. The zero-order valence-corrected chi connectivity index (χ0v) is 13.5. The van der Waals surface area contributed by atoms with Crippen LogP contribution in [0.1, 0.15) is 43.0 Å². The highest BCUT2D eigenvalue weighted by Crippen LogP contribution is 2.26. The van der Waals surface area contributed by atoms with Crippen molar-refractivity contribution < 1.29 is 9.72 Å². The van der Waals surface area contributed by atoms with E-state index in [1.54, 1.807) is 29.1 Å². The maximum absolute atomic E-state index is 12.5. The van der Waals surface area contributed by atoms with Crippen molar-refractivity contribution in [2.45, 2.75) is 38.6 Å². The number of carbonyl (C=O) groups excluding carboxylic acids is 1. The molecule has 1 aromatic heterocycles. The summed E-state index contributed by atoms with van der Waals surface area (Å²) < 4.78 is 1.56. The number of rotatable bonds is 4. The summed E-state index contributed by atoms with van der Waals surface area (Å²) in [5.74, 6) is 0.178. The minimum Gasteiger partial charge on any atom is -0.349 e. The highest BCUT2D eigenvalue weighted by atomic mass is 16.6. The Balaban J connectivity index is 1.84. The molecule has 3 rings (SSSR count). The summed E-state index contributed by atoms with van der Waals surface area (Å²) in [6, 6.07) is 4.67. The van der Waals surface area contributed by atoms with Crippen LogP contribution in [0.25, 0.3) is 5.69 Å². The number of nitro groups is 1. The Kier molecular flexibility index (Phi) is 4.59. The number of amides is 1. The predicted octanol–water partition coefficient (Wildman–Crippen LogP) is 3.09. The molecule has 1 heterocycles. The van der Waals surface area contributed by atoms with Gasteiger partial charge in [-0.3, -0.25) is 14.9 Å². The van der Waals surface area contributed by atoms with Gasteiger partial charge < -0.3 is 9.88 Å². The predicted molar refractivity (Wildman–Crippen MR) is 89.1 cm³/mol. The standard InChI is InChI=1S/C17H20N4O3/c1-12-4-2-3-5-14(12)19-17(22)13-6-7-15(16(10-13)21(23)24)20-9-8-18-11-20/h6-12,14H,2-5H2,1H3,(H,19,22). The van der Waals surface area contributed by atoms with Crippen molar-refractivity contribution in [1.29, 1.82) is 0 Å². The normalized spacial score (nSPS) is 20.5. The largest absolute Gasteiger partial charge is 0.349 e. The monoisotopic (exact) mass is 328 g/mol. The van der Waals surface area contributed by atoms with Crippen LogP contribution in [-0.2, 0) is 0 Å². The average Bonchev–Trinajstić information content (AvgIpc) is 3.10. The Morgan fingerprint density at radius 3 is 2.83 bits per heavy atom. The molecule has 24 heavy (non-hydrogen) atoms. The lowest BCUT2D eigenvalue weighted by atomic mass is 9.86. The molecule has 7 nitrogen and oxygen atoms in total. The van der Waals surface area contributed by atoms with E-state index in [-0.39, 0.29) is 17.6 Å². The first kappa shape index (κ1) is 16.2. The number of aromatic nitrogens is 2. The molecule has 1 aliphatic rings. The summed E-state index contributed by atoms with van der Waals surface area (Å²) in [6.07, 6.45) is 9.03. The highest BCUT2D eigenvalue weighted by Gasteiger charge is 2.25. The van der Waals surface area contributed by atoms with Gasteiger partial charge in [0.2, 0.25) is 0 Å². The molecule has 0 radical (unpaired) electrons. The Morgan fingerprint density at radius 2 is 2.17 bits per heavy atom. The lowest BCUT2D eigenvalue weighted by Gasteiger charge is -2.29. The van der Waals surface area contributed by atoms with E-state index in [0.717, 1.165) is 19.3 Å². The van der Waals surface area contributed by atoms with Gasteiger partial charge in [-0.05, 0) is 30.9 Å². The molecule has 1 fully saturated rings. The maximum atomic E-state index is 12.5. The number of imidazole rings is 1. The lowest BCUT2D eigenvalue weighted by Crippen LogP contribution is -2.41. The smallest absolute Gasteiger partial charge is 0.294 e. The molecular formula is C17H20N4O3. The summed E-state index contributed by atoms with van der Waals surface area (Å²) in [5, 5.41) is 14.4. The van der Waals surface area contributed by atoms with Gasteiger partial charge in [0.15, 0.2) is 0 Å². The molecule has 7 heteroatoms. The zero-order chi connectivity index (χ0) is 17.1. The molecule has 0 saturated heterocycles. The number of carbonyl (C=O) groups is 1. The summed E-state index contributed by atoms with van der Waals surface area (Å²) in [7, 11) is 0. The minimum atomic E-state index is -0.477. The van der Waals surface area contributed by atoms with Gasteiger partial charge in [-0.2, -0.15) is 0 Å². The Morgan fingerprint density at radius 1 is 1.38 bits per heavy atom. The summed E-state index contributed by atoms with van der Waals surface area (Å²) in [5.41, 5.74) is 0.584. The number of hydrogen-bond acceptors (Lipinski definition) is 4. The Hall–Kier alpha value is -2.70. The molecule has 1 amide bonds. The van der Waals surface area contributed by atoms with E-state index in [0.29, 0.717) is 17.2 Å². The van der Waals surface area contributed by atoms with Crippen LogP contribution < -0.4 is 5.32 Å². The Bertz CT molecular complexity index is 742. The Labute approximate surface area is 139 Å². The van der Waals surface area contributed by atoms with Gasteiger partial charge in [0, 0.05) is 30.1 Å². The summed E-state index contributed by atoms with van der Waals surface area (Å²) in [4.78, 5) is 27.3. The van der Waals surface area contributed by atoms with Crippen molar-refractivity contribution in [2.75, 3.05) is 0 Å². The van der Waals surface area contributed by atoms with Crippen LogP contribution in [0.15, 0.2) is 36.9 Å². The van der Waals surface area contributed by atoms with E-state index in [9.17, 15) is 14.9 Å². The number of nitrogens with zero attached hydrogens (tertiary/aromatic N) is 3. The first-order valence-corrected chi connectivity index (χ1v) is 8.14. The highest BCUT2D eigenvalue weighted by molar-refractivity contribution is 5.95. The van der Waals surface area contributed by atoms with Crippen molar-refractivity contribution in [2.24, 2.45) is 5.92 Å². The van der Waals surface area contributed by atoms with E-state index >= 15 is 0 Å². The van der Waals surface area contributed by atoms with Gasteiger partial charge in [-0.1, -0.05) is 19.8 Å². The van der Waals surface area contributed by atoms with Gasteiger partial charge in [-0.25, -0.2) is 4.98 Å². The van der Waals surface area contributed by atoms with Crippen LogP contribution in [-0.4, -0.2) is 26.4 Å². The quantitative estimate of drug-likeness (QED) is 0.690. The molecule has 1 aromatic carbocycles. The molecule has 0 aliphatic heterocycles. The molecular weight excluding hydrogens is 308 g/mol. The van der Waals surface area contributed by atoms with E-state index in [1.807, 2.05) is 0 Å². The molecule has 1 aliphatic carbocycles. The van der Waals surface area contributed by atoms with Crippen molar-refractivity contribution in [1.82, 2.24) is 14.9 Å². The van der Waals surface area contributed by atoms with Crippen LogP contribution in [0.4, 0.5) is 5.69 Å². The van der Waals surface area contributed by atoms with Crippen LogP contribution in [0.2, 0.25) is 0 Å². The molecule has 2 atom stereocenters. The minimum absolute atomic E-state index is 0.114. The first-order valence-electron chi connectivity index (χ1n) is 8.14. The topological polar surface area (TPSA) is 90.1 Å². The van der Waals surface area contributed by atoms with Crippen LogP contribution >= 0.6 is 0 Å². The third-order valence-corrected chi connectivity index (χ3v) is 4.64. The third-order valence-electron chi connectivity index (χ3n) is 4.64. The fourth-order valence-electron chi connectivity index (χ4n) is 3.21. The number of benzene rings is 1. The second-order valence-electron chi connectivity index (χ2n) is 6.27. The van der Waals surface area contributed by atoms with Crippen molar-refractivity contribution in [3.63, 3.8) is 0 Å². The van der Waals surface area contributed by atoms with Gasteiger partial charge in [0.1, 0.15) is 5.69 Å². The van der Waals surface area contributed by atoms with E-state index in [4.69, 9.17) is 0 Å². The fourth-order valence-corrected chi connectivity index (χ4v) is 3.21. The molecule has 0 bridgehead atoms. The van der Waals surface area contributed by atoms with Crippen LogP contribution in [0.5, 0.6) is 0 Å². The van der Waals surface area contributed by atoms with Crippen LogP contribution in [0.3, 0.4) is 0 Å².